The summed E-state index contributed by atoms with van der Waals surface area (Å²) in [4.78, 5) is 27.6. The zero-order chi connectivity index (χ0) is 23.0. The number of rotatable bonds is 6. The van der Waals surface area contributed by atoms with Gasteiger partial charge in [-0.2, -0.15) is 0 Å². The summed E-state index contributed by atoms with van der Waals surface area (Å²) in [5.41, 5.74) is 1.91. The molecule has 2 atom stereocenters. The molecule has 0 radical (unpaired) electrons. The van der Waals surface area contributed by atoms with Crippen LogP contribution < -0.4 is 5.43 Å². The van der Waals surface area contributed by atoms with Gasteiger partial charge in [0.1, 0.15) is 5.01 Å². The van der Waals surface area contributed by atoms with Crippen LogP contribution in [0.2, 0.25) is 0 Å². The van der Waals surface area contributed by atoms with Gasteiger partial charge in [0, 0.05) is 32.8 Å². The minimum absolute atomic E-state index is 0.00421. The molecule has 9 heteroatoms. The first kappa shape index (κ1) is 22.2. The monoisotopic (exact) mass is 454 g/mol. The molecule has 0 spiro atoms. The third-order valence-electron chi connectivity index (χ3n) is 5.93. The van der Waals surface area contributed by atoms with E-state index in [-0.39, 0.29) is 29.3 Å². The lowest BCUT2D eigenvalue weighted by Gasteiger charge is -2.39. The number of carbonyl (C=O) groups is 1. The van der Waals surface area contributed by atoms with Crippen molar-refractivity contribution in [1.29, 1.82) is 0 Å². The van der Waals surface area contributed by atoms with E-state index >= 15 is 0 Å². The third-order valence-corrected chi connectivity index (χ3v) is 6.89. The van der Waals surface area contributed by atoms with Crippen LogP contribution in [0.3, 0.4) is 0 Å². The lowest BCUT2D eigenvalue weighted by molar-refractivity contribution is 0.00983. The predicted octanol–water partition coefficient (Wildman–Crippen LogP) is 2.85. The second kappa shape index (κ2) is 8.84. The summed E-state index contributed by atoms with van der Waals surface area (Å²) >= 11 is 1.31. The van der Waals surface area contributed by atoms with Crippen LogP contribution in [0.5, 0.6) is 5.75 Å². The van der Waals surface area contributed by atoms with Crippen molar-refractivity contribution in [2.45, 2.75) is 45.9 Å². The number of aromatic nitrogens is 3. The molecule has 0 aliphatic carbocycles. The molecule has 1 aliphatic heterocycles. The smallest absolute Gasteiger partial charge is 0.274 e. The van der Waals surface area contributed by atoms with Gasteiger partial charge in [0.15, 0.2) is 16.5 Å². The first-order valence-electron chi connectivity index (χ1n) is 10.5. The van der Waals surface area contributed by atoms with Gasteiger partial charge in [-0.15, -0.1) is 10.2 Å². The number of aryl methyl sites for hydroxylation is 1. The lowest BCUT2D eigenvalue weighted by atomic mass is 10.0. The van der Waals surface area contributed by atoms with Gasteiger partial charge in [-0.1, -0.05) is 41.2 Å². The average molecular weight is 455 g/mol. The van der Waals surface area contributed by atoms with E-state index < -0.39 is 11.2 Å². The van der Waals surface area contributed by atoms with E-state index in [9.17, 15) is 14.7 Å². The Labute approximate surface area is 190 Å². The number of benzene rings is 1. The molecule has 1 N–H and O–H groups in total. The number of ether oxygens (including phenoxy) is 1. The quantitative estimate of drug-likeness (QED) is 0.615. The Bertz CT molecular complexity index is 1200. The molecule has 1 amide bonds. The standard InChI is InChI=1S/C23H26N4O4S/c1-5-27-17(14(3)31-4)12-26-11-16(20(28)21(29)19(26)23(27)30)22-25-24-18(32-22)10-15-8-6-13(2)7-9-15/h6-9,11,14,17,29H,5,10,12H2,1-4H3/t14-,17-/m1/s1. The maximum absolute atomic E-state index is 13.1. The predicted molar refractivity (Wildman–Crippen MR) is 122 cm³/mol. The highest BCUT2D eigenvalue weighted by molar-refractivity contribution is 7.14. The van der Waals surface area contributed by atoms with Gasteiger partial charge < -0.3 is 19.3 Å². The van der Waals surface area contributed by atoms with Gasteiger partial charge in [0.25, 0.3) is 5.91 Å². The highest BCUT2D eigenvalue weighted by Crippen LogP contribution is 2.30. The number of likely N-dealkylation sites (N-methyl/N-ethyl adjacent to an activating group) is 1. The summed E-state index contributed by atoms with van der Waals surface area (Å²) < 4.78 is 7.11. The summed E-state index contributed by atoms with van der Waals surface area (Å²) in [6.07, 6.45) is 2.00. The highest BCUT2D eigenvalue weighted by Gasteiger charge is 2.37. The fraction of sp³-hybridized carbons (Fsp3) is 0.391. The van der Waals surface area contributed by atoms with Crippen molar-refractivity contribution < 1.29 is 14.6 Å². The van der Waals surface area contributed by atoms with Crippen molar-refractivity contribution in [2.24, 2.45) is 0 Å². The topological polar surface area (TPSA) is 97.5 Å². The van der Waals surface area contributed by atoms with E-state index in [4.69, 9.17) is 4.74 Å². The summed E-state index contributed by atoms with van der Waals surface area (Å²) in [6.45, 7) is 6.65. The van der Waals surface area contributed by atoms with Crippen LogP contribution in [-0.4, -0.2) is 56.5 Å². The second-order valence-electron chi connectivity index (χ2n) is 7.98. The summed E-state index contributed by atoms with van der Waals surface area (Å²) in [6, 6.07) is 7.95. The number of aromatic hydroxyl groups is 1. The molecular weight excluding hydrogens is 428 g/mol. The van der Waals surface area contributed by atoms with Crippen LogP contribution in [-0.2, 0) is 17.7 Å². The van der Waals surface area contributed by atoms with Crippen LogP contribution in [0.4, 0.5) is 0 Å². The number of methoxy groups -OCH3 is 1. The molecule has 0 fully saturated rings. The lowest BCUT2D eigenvalue weighted by Crippen LogP contribution is -2.53. The minimum Gasteiger partial charge on any atom is -0.503 e. The van der Waals surface area contributed by atoms with Crippen LogP contribution in [0.15, 0.2) is 35.3 Å². The van der Waals surface area contributed by atoms with Crippen molar-refractivity contribution in [3.05, 3.63) is 62.5 Å². The van der Waals surface area contributed by atoms with E-state index in [1.54, 1.807) is 22.8 Å². The average Bonchev–Trinajstić information content (AvgIpc) is 3.25. The Balaban J connectivity index is 1.71. The summed E-state index contributed by atoms with van der Waals surface area (Å²) in [5.74, 6) is -0.934. The molecule has 3 heterocycles. The van der Waals surface area contributed by atoms with Crippen molar-refractivity contribution in [1.82, 2.24) is 19.7 Å². The molecule has 1 aromatic carbocycles. The summed E-state index contributed by atoms with van der Waals surface area (Å²) in [5, 5.41) is 20.3. The van der Waals surface area contributed by atoms with E-state index in [0.29, 0.717) is 24.5 Å². The molecule has 1 aliphatic rings. The molecule has 0 bridgehead atoms. The van der Waals surface area contributed by atoms with Crippen molar-refractivity contribution in [2.75, 3.05) is 13.7 Å². The molecule has 0 saturated heterocycles. The zero-order valence-electron chi connectivity index (χ0n) is 18.5. The molecular formula is C23H26N4O4S. The number of hydrogen-bond donors (Lipinski definition) is 1. The van der Waals surface area contributed by atoms with Gasteiger partial charge >= 0.3 is 0 Å². The van der Waals surface area contributed by atoms with E-state index in [0.717, 1.165) is 10.6 Å². The SMILES string of the molecule is CCN1C(=O)c2c(O)c(=O)c(-c3nnc(Cc4ccc(C)cc4)s3)cn2C[C@@H]1[C@@H](C)OC. The van der Waals surface area contributed by atoms with Gasteiger partial charge in [0.05, 0.1) is 17.7 Å². The molecule has 4 rings (SSSR count). The molecule has 3 aromatic rings. The van der Waals surface area contributed by atoms with Crippen molar-refractivity contribution in [3.63, 3.8) is 0 Å². The van der Waals surface area contributed by atoms with Crippen LogP contribution in [0.1, 0.15) is 40.5 Å². The van der Waals surface area contributed by atoms with Gasteiger partial charge in [0.2, 0.25) is 5.43 Å². The maximum Gasteiger partial charge on any atom is 0.274 e. The molecule has 8 nitrogen and oxygen atoms in total. The molecule has 168 valence electrons. The Morgan fingerprint density at radius 2 is 1.97 bits per heavy atom. The van der Waals surface area contributed by atoms with E-state index in [2.05, 4.69) is 10.2 Å². The molecule has 32 heavy (non-hydrogen) atoms. The van der Waals surface area contributed by atoms with E-state index in [1.165, 1.54) is 16.9 Å². The van der Waals surface area contributed by atoms with Gasteiger partial charge in [-0.25, -0.2) is 0 Å². The Morgan fingerprint density at radius 1 is 1.25 bits per heavy atom. The highest BCUT2D eigenvalue weighted by atomic mass is 32.1. The fourth-order valence-corrected chi connectivity index (χ4v) is 4.89. The van der Waals surface area contributed by atoms with Crippen molar-refractivity contribution >= 4 is 17.2 Å². The van der Waals surface area contributed by atoms with Crippen molar-refractivity contribution in [3.8, 4) is 16.3 Å². The largest absolute Gasteiger partial charge is 0.503 e. The normalized spacial score (nSPS) is 16.8. The Hall–Kier alpha value is -3.04. The number of amides is 1. The van der Waals surface area contributed by atoms with Gasteiger partial charge in [-0.05, 0) is 26.3 Å². The third kappa shape index (κ3) is 3.93. The van der Waals surface area contributed by atoms with Crippen LogP contribution in [0.25, 0.3) is 10.6 Å². The second-order valence-corrected chi connectivity index (χ2v) is 9.05. The fourth-order valence-electron chi connectivity index (χ4n) is 4.01. The van der Waals surface area contributed by atoms with Crippen LogP contribution >= 0.6 is 11.3 Å². The molecule has 0 saturated carbocycles. The number of fused-ring (bicyclic) bond motifs is 1. The molecule has 0 unspecified atom stereocenters. The zero-order valence-corrected chi connectivity index (χ0v) is 19.3. The van der Waals surface area contributed by atoms with E-state index in [1.807, 2.05) is 45.0 Å². The Morgan fingerprint density at radius 3 is 2.62 bits per heavy atom. The number of pyridine rings is 1. The number of hydrogen-bond acceptors (Lipinski definition) is 7. The summed E-state index contributed by atoms with van der Waals surface area (Å²) in [7, 11) is 1.60. The number of carbonyl (C=O) groups excluding carboxylic acids is 1. The minimum atomic E-state index is -0.614. The first-order valence-corrected chi connectivity index (χ1v) is 11.3. The molecule has 2 aromatic heterocycles. The Kier molecular flexibility index (Phi) is 6.12. The first-order chi connectivity index (χ1) is 15.3. The number of nitrogens with zero attached hydrogens (tertiary/aromatic N) is 4. The van der Waals surface area contributed by atoms with Crippen LogP contribution in [0, 0.1) is 6.92 Å². The maximum atomic E-state index is 13.1. The van der Waals surface area contributed by atoms with Gasteiger partial charge in [-0.3, -0.25) is 9.59 Å².